The molecular weight excluding hydrogens is 570 g/mol. The van der Waals surface area contributed by atoms with Gasteiger partial charge in [0, 0.05) is 43.4 Å². The quantitative estimate of drug-likeness (QED) is 0.120. The van der Waals surface area contributed by atoms with E-state index in [1.54, 1.807) is 7.05 Å². The van der Waals surface area contributed by atoms with Crippen LogP contribution in [0.2, 0.25) is 5.02 Å². The summed E-state index contributed by atoms with van der Waals surface area (Å²) in [7, 11) is 2.79. The highest BCUT2D eigenvalue weighted by Gasteiger charge is 2.30. The van der Waals surface area contributed by atoms with E-state index in [4.69, 9.17) is 27.2 Å². The van der Waals surface area contributed by atoms with Gasteiger partial charge in [-0.2, -0.15) is 0 Å². The van der Waals surface area contributed by atoms with Gasteiger partial charge < -0.3 is 26.0 Å². The number of carboxylic acids is 1. The first-order valence-corrected chi connectivity index (χ1v) is 14.9. The van der Waals surface area contributed by atoms with E-state index in [9.17, 15) is 14.7 Å². The highest BCUT2D eigenvalue weighted by Crippen LogP contribution is 2.45. The number of rotatable bonds is 9. The van der Waals surface area contributed by atoms with Crippen molar-refractivity contribution >= 4 is 58.5 Å². The van der Waals surface area contributed by atoms with Crippen LogP contribution >= 0.6 is 34.9 Å². The number of aromatic carboxylic acids is 1. The van der Waals surface area contributed by atoms with E-state index in [1.165, 1.54) is 31.4 Å². The molecule has 218 valence electrons. The van der Waals surface area contributed by atoms with E-state index >= 15 is 0 Å². The van der Waals surface area contributed by atoms with Crippen molar-refractivity contribution < 1.29 is 24.5 Å². The van der Waals surface area contributed by atoms with Gasteiger partial charge in [0.25, 0.3) is 0 Å². The Kier molecular flexibility index (Phi) is 13.8. The molecule has 2 aromatic carbocycles. The number of ether oxygens (including phenoxy) is 1. The van der Waals surface area contributed by atoms with Crippen LogP contribution < -0.4 is 15.8 Å². The first-order valence-electron chi connectivity index (χ1n) is 12.8. The van der Waals surface area contributed by atoms with Gasteiger partial charge in [0.1, 0.15) is 11.6 Å². The van der Waals surface area contributed by atoms with Crippen molar-refractivity contribution in [2.75, 3.05) is 38.4 Å². The number of nitrogen functional groups attached to an aromatic ring is 1. The number of anilines is 2. The number of thiophene rings is 1. The molecule has 0 unspecified atom stereocenters. The molecule has 0 aliphatic carbocycles. The summed E-state index contributed by atoms with van der Waals surface area (Å²) in [5.74, 6) is -0.0842. The highest BCUT2D eigenvalue weighted by atomic mass is 35.5. The average Bonchev–Trinajstić information content (AvgIpc) is 3.28. The van der Waals surface area contributed by atoms with Crippen molar-refractivity contribution in [2.24, 2.45) is 0 Å². The van der Waals surface area contributed by atoms with Crippen LogP contribution in [0.5, 0.6) is 5.75 Å². The minimum absolute atomic E-state index is 0.0216. The molecule has 0 spiro atoms. The number of hydrogen-bond acceptors (Lipinski definition) is 9. The maximum absolute atomic E-state index is 11.3. The lowest BCUT2D eigenvalue weighted by Crippen LogP contribution is -2.42. The van der Waals surface area contributed by atoms with Crippen LogP contribution in [-0.4, -0.2) is 59.6 Å². The van der Waals surface area contributed by atoms with Crippen LogP contribution in [-0.2, 0) is 10.5 Å². The van der Waals surface area contributed by atoms with E-state index in [1.807, 2.05) is 48.3 Å². The first-order chi connectivity index (χ1) is 19.2. The monoisotopic (exact) mass is 607 g/mol. The Hall–Kier alpha value is -2.76. The maximum atomic E-state index is 11.3. The van der Waals surface area contributed by atoms with Crippen molar-refractivity contribution in [1.29, 1.82) is 0 Å². The average molecular weight is 608 g/mol. The molecule has 0 saturated carbocycles. The Balaban J connectivity index is 0.000000269. The summed E-state index contributed by atoms with van der Waals surface area (Å²) < 4.78 is 7.69. The minimum Gasteiger partial charge on any atom is -0.483 e. The Morgan fingerprint density at radius 3 is 2.58 bits per heavy atom. The number of piperidine rings is 1. The van der Waals surface area contributed by atoms with E-state index in [2.05, 4.69) is 35.6 Å². The van der Waals surface area contributed by atoms with Crippen molar-refractivity contribution in [2.45, 2.75) is 44.4 Å². The Bertz CT molecular complexity index is 1250. The summed E-state index contributed by atoms with van der Waals surface area (Å²) in [4.78, 5) is 22.3. The molecule has 1 fully saturated rings. The van der Waals surface area contributed by atoms with Gasteiger partial charge in [-0.15, -0.1) is 11.3 Å². The van der Waals surface area contributed by atoms with E-state index in [0.717, 1.165) is 41.1 Å². The molecule has 5 N–H and O–H groups in total. The first kappa shape index (κ1) is 33.4. The van der Waals surface area contributed by atoms with E-state index < -0.39 is 5.97 Å². The number of aliphatic hydroxyl groups is 1. The van der Waals surface area contributed by atoms with Gasteiger partial charge in [-0.25, -0.2) is 9.10 Å². The number of carbonyl (C=O) groups excluding carboxylic acids is 1. The molecule has 1 aromatic heterocycles. The molecule has 40 heavy (non-hydrogen) atoms. The number of nitrogens with two attached hydrogens (primary N) is 1. The molecule has 2 heterocycles. The van der Waals surface area contributed by atoms with Gasteiger partial charge in [0.05, 0.1) is 4.88 Å². The molecule has 0 bridgehead atoms. The molecule has 0 amide bonds. The van der Waals surface area contributed by atoms with Crippen LogP contribution in [0.4, 0.5) is 11.4 Å². The molecule has 4 rings (SSSR count). The molecule has 1 aliphatic heterocycles. The smallest absolute Gasteiger partial charge is 0.349 e. The normalized spacial score (nSPS) is 14.2. The zero-order valence-corrected chi connectivity index (χ0v) is 25.7. The number of carboxylic acid groups (broad SMARTS) is 1. The lowest BCUT2D eigenvalue weighted by Gasteiger charge is -2.41. The summed E-state index contributed by atoms with van der Waals surface area (Å²) >= 11 is 9.19. The van der Waals surface area contributed by atoms with Crippen molar-refractivity contribution in [3.63, 3.8) is 0 Å². The van der Waals surface area contributed by atoms with Gasteiger partial charge in [-0.3, -0.25) is 4.79 Å². The summed E-state index contributed by atoms with van der Waals surface area (Å²) in [6, 6.07) is 15.6. The van der Waals surface area contributed by atoms with Gasteiger partial charge in [0.15, 0.2) is 16.9 Å². The molecule has 1 saturated heterocycles. The van der Waals surface area contributed by atoms with Gasteiger partial charge in [-0.1, -0.05) is 54.2 Å². The van der Waals surface area contributed by atoms with Gasteiger partial charge in [0.2, 0.25) is 0 Å². The van der Waals surface area contributed by atoms with Crippen LogP contribution in [0.15, 0.2) is 48.5 Å². The number of halogens is 1. The standard InChI is InChI=1S/C14H12ClNO4S.C14H22N2S.CH4O/c1-16-9-4-2-3-8(7-9)12-10(15)11(20-6-5-17)13(21-12)14(18)19;1-14(2)8-3-4-9-16(14)17-11-12-6-5-7-13(15)10-12;1-2/h2-5,7,16H,6H2,1H3,(H,18,19);5-7,10H,3-4,8-9,11,15H2,1-2H3;2H,1H3. The second-order valence-corrected chi connectivity index (χ2v) is 11.8. The minimum atomic E-state index is -1.14. The van der Waals surface area contributed by atoms with E-state index in [0.29, 0.717) is 16.7 Å². The fourth-order valence-corrected chi connectivity index (χ4v) is 6.69. The van der Waals surface area contributed by atoms with Crippen LogP contribution in [0.1, 0.15) is 48.3 Å². The Morgan fingerprint density at radius 2 is 1.95 bits per heavy atom. The van der Waals surface area contributed by atoms with Crippen LogP contribution in [0.25, 0.3) is 10.4 Å². The third kappa shape index (κ3) is 9.42. The zero-order valence-electron chi connectivity index (χ0n) is 23.3. The molecule has 3 aromatic rings. The fourth-order valence-electron chi connectivity index (χ4n) is 4.10. The lowest BCUT2D eigenvalue weighted by atomic mass is 9.93. The second-order valence-electron chi connectivity index (χ2n) is 9.41. The molecule has 0 atom stereocenters. The number of carbonyl (C=O) groups is 2. The number of aldehydes is 1. The zero-order chi connectivity index (χ0) is 29.7. The summed E-state index contributed by atoms with van der Waals surface area (Å²) in [6.07, 6.45) is 4.54. The molecule has 11 heteroatoms. The number of aliphatic hydroxyl groups excluding tert-OH is 1. The number of nitrogens with one attached hydrogen (secondary N) is 1. The molecule has 1 aliphatic rings. The topological polar surface area (TPSA) is 125 Å². The lowest BCUT2D eigenvalue weighted by molar-refractivity contribution is -0.109. The summed E-state index contributed by atoms with van der Waals surface area (Å²) in [5, 5.41) is 19.4. The Labute approximate surface area is 249 Å². The summed E-state index contributed by atoms with van der Waals surface area (Å²) in [6.45, 7) is 5.66. The van der Waals surface area contributed by atoms with Crippen molar-refractivity contribution in [3.8, 4) is 16.2 Å². The van der Waals surface area contributed by atoms with Crippen molar-refractivity contribution in [3.05, 3.63) is 64.0 Å². The fraction of sp³-hybridized carbons (Fsp3) is 0.379. The number of hydrogen-bond donors (Lipinski definition) is 4. The second kappa shape index (κ2) is 16.5. The largest absolute Gasteiger partial charge is 0.483 e. The van der Waals surface area contributed by atoms with Gasteiger partial charge in [-0.05, 0) is 62.1 Å². The molecular formula is C29H38ClN3O5S2. The predicted molar refractivity (Wildman–Crippen MR) is 168 cm³/mol. The SMILES string of the molecule is CC1(C)CCCCN1SCc1cccc(N)c1.CNc1cccc(-c2sc(C(=O)O)c(OCC=O)c2Cl)c1.CO. The van der Waals surface area contributed by atoms with Crippen LogP contribution in [0, 0.1) is 0 Å². The number of nitrogens with zero attached hydrogens (tertiary/aromatic N) is 1. The summed E-state index contributed by atoms with van der Waals surface area (Å²) in [5.41, 5.74) is 9.97. The third-order valence-corrected chi connectivity index (χ3v) is 9.26. The maximum Gasteiger partial charge on any atom is 0.349 e. The number of benzene rings is 2. The predicted octanol–water partition coefficient (Wildman–Crippen LogP) is 6.68. The molecule has 8 nitrogen and oxygen atoms in total. The highest BCUT2D eigenvalue weighted by molar-refractivity contribution is 7.96. The Morgan fingerprint density at radius 1 is 1.23 bits per heavy atom. The van der Waals surface area contributed by atoms with Crippen LogP contribution in [0.3, 0.4) is 0 Å². The van der Waals surface area contributed by atoms with E-state index in [-0.39, 0.29) is 22.3 Å². The van der Waals surface area contributed by atoms with Crippen molar-refractivity contribution in [1.82, 2.24) is 4.31 Å². The van der Waals surface area contributed by atoms with Gasteiger partial charge >= 0.3 is 5.97 Å². The molecule has 0 radical (unpaired) electrons. The third-order valence-electron chi connectivity index (χ3n) is 6.13.